The van der Waals surface area contributed by atoms with Gasteiger partial charge in [-0.2, -0.15) is 0 Å². The number of benzene rings is 2. The third kappa shape index (κ3) is 5.71. The largest absolute Gasteiger partial charge is 0.493 e. The fourth-order valence-corrected chi connectivity index (χ4v) is 3.18. The average Bonchev–Trinajstić information content (AvgIpc) is 2.77. The summed E-state index contributed by atoms with van der Waals surface area (Å²) in [5.41, 5.74) is 0.213. The first-order valence-electron chi connectivity index (χ1n) is 9.87. The van der Waals surface area contributed by atoms with Gasteiger partial charge in [0, 0.05) is 12.6 Å². The number of ether oxygens (including phenoxy) is 3. The van der Waals surface area contributed by atoms with E-state index in [1.54, 1.807) is 12.1 Å². The highest BCUT2D eigenvalue weighted by molar-refractivity contribution is 5.81. The fourth-order valence-electron chi connectivity index (χ4n) is 3.18. The van der Waals surface area contributed by atoms with Gasteiger partial charge in [-0.15, -0.1) is 0 Å². The summed E-state index contributed by atoms with van der Waals surface area (Å²) < 4.78 is 29.0. The molecule has 9 heteroatoms. The minimum atomic E-state index is -0.776. The molecule has 3 rings (SSSR count). The molecule has 31 heavy (non-hydrogen) atoms. The van der Waals surface area contributed by atoms with Gasteiger partial charge >= 0.3 is 0 Å². The molecule has 2 aromatic carbocycles. The van der Waals surface area contributed by atoms with Crippen molar-refractivity contribution in [3.63, 3.8) is 0 Å². The Balaban J connectivity index is 1.68. The number of aliphatic hydroxyl groups is 1. The van der Waals surface area contributed by atoms with Gasteiger partial charge in [-0.25, -0.2) is 9.37 Å². The molecule has 0 saturated heterocycles. The molecule has 0 aliphatic rings. The number of likely N-dealkylation sites (N-methyl/N-ethyl adjacent to an activating group) is 1. The normalized spacial score (nSPS) is 12.2. The Morgan fingerprint density at radius 3 is 2.48 bits per heavy atom. The minimum Gasteiger partial charge on any atom is -0.493 e. The van der Waals surface area contributed by atoms with E-state index in [1.165, 1.54) is 38.5 Å². The summed E-state index contributed by atoms with van der Waals surface area (Å²) in [5.74, 6) is 1.54. The van der Waals surface area contributed by atoms with Crippen LogP contribution in [0.5, 0.6) is 17.2 Å². The predicted octanol–water partition coefficient (Wildman–Crippen LogP) is 2.34. The number of hydrogen-bond donors (Lipinski definition) is 2. The van der Waals surface area contributed by atoms with Gasteiger partial charge in [0.25, 0.3) is 5.56 Å². The van der Waals surface area contributed by atoms with E-state index < -0.39 is 6.10 Å². The number of fused-ring (bicyclic) bond motifs is 1. The van der Waals surface area contributed by atoms with Crippen LogP contribution in [0, 0.1) is 5.82 Å². The lowest BCUT2D eigenvalue weighted by Crippen LogP contribution is -2.36. The number of aromatic amines is 1. The van der Waals surface area contributed by atoms with Crippen molar-refractivity contribution >= 4 is 10.9 Å². The monoisotopic (exact) mass is 431 g/mol. The second kappa shape index (κ2) is 10.2. The predicted molar refractivity (Wildman–Crippen MR) is 114 cm³/mol. The van der Waals surface area contributed by atoms with Crippen LogP contribution < -0.4 is 19.8 Å². The lowest BCUT2D eigenvalue weighted by Gasteiger charge is -2.23. The molecular formula is C22H26FN3O5. The zero-order valence-electron chi connectivity index (χ0n) is 17.7. The van der Waals surface area contributed by atoms with Crippen LogP contribution in [0.15, 0.2) is 41.2 Å². The SMILES string of the molecule is CCN(Cc1nc2cc(OC)c(OC)cc2c(=O)[nH]1)CC(O)COc1ccc(F)cc1. The zero-order valence-corrected chi connectivity index (χ0v) is 17.7. The van der Waals surface area contributed by atoms with Gasteiger partial charge in [0.1, 0.15) is 30.1 Å². The van der Waals surface area contributed by atoms with Crippen LogP contribution in [-0.2, 0) is 6.54 Å². The number of halogens is 1. The van der Waals surface area contributed by atoms with Gasteiger partial charge in [0.05, 0.1) is 31.7 Å². The van der Waals surface area contributed by atoms with Crippen molar-refractivity contribution in [1.82, 2.24) is 14.9 Å². The van der Waals surface area contributed by atoms with E-state index in [0.29, 0.717) is 53.6 Å². The smallest absolute Gasteiger partial charge is 0.258 e. The highest BCUT2D eigenvalue weighted by Gasteiger charge is 2.15. The highest BCUT2D eigenvalue weighted by Crippen LogP contribution is 2.29. The molecule has 0 aliphatic carbocycles. The summed E-state index contributed by atoms with van der Waals surface area (Å²) >= 11 is 0. The first-order valence-corrected chi connectivity index (χ1v) is 9.87. The molecular weight excluding hydrogens is 405 g/mol. The number of nitrogens with zero attached hydrogens (tertiary/aromatic N) is 2. The summed E-state index contributed by atoms with van der Waals surface area (Å²) in [6.07, 6.45) is -0.776. The van der Waals surface area contributed by atoms with Gasteiger partial charge in [-0.05, 0) is 36.9 Å². The summed E-state index contributed by atoms with van der Waals surface area (Å²) in [4.78, 5) is 21.8. The fraction of sp³-hybridized carbons (Fsp3) is 0.364. The highest BCUT2D eigenvalue weighted by atomic mass is 19.1. The molecule has 1 aromatic heterocycles. The van der Waals surface area contributed by atoms with Crippen molar-refractivity contribution in [2.24, 2.45) is 0 Å². The van der Waals surface area contributed by atoms with Crippen LogP contribution in [0.25, 0.3) is 10.9 Å². The number of aliphatic hydroxyl groups excluding tert-OH is 1. The van der Waals surface area contributed by atoms with Gasteiger partial charge in [0.15, 0.2) is 11.5 Å². The molecule has 0 bridgehead atoms. The van der Waals surface area contributed by atoms with Crippen LogP contribution in [0.4, 0.5) is 4.39 Å². The first kappa shape index (κ1) is 22.5. The number of hydrogen-bond acceptors (Lipinski definition) is 7. The maximum Gasteiger partial charge on any atom is 0.258 e. The maximum absolute atomic E-state index is 13.0. The number of methoxy groups -OCH3 is 2. The van der Waals surface area contributed by atoms with Crippen molar-refractivity contribution in [1.29, 1.82) is 0 Å². The Hall–Kier alpha value is -3.17. The quantitative estimate of drug-likeness (QED) is 0.509. The van der Waals surface area contributed by atoms with E-state index in [4.69, 9.17) is 14.2 Å². The Morgan fingerprint density at radius 2 is 1.84 bits per heavy atom. The number of aromatic nitrogens is 2. The van der Waals surface area contributed by atoms with E-state index in [2.05, 4.69) is 9.97 Å². The number of rotatable bonds is 10. The number of H-pyrrole nitrogens is 1. The van der Waals surface area contributed by atoms with Gasteiger partial charge < -0.3 is 24.3 Å². The van der Waals surface area contributed by atoms with E-state index in [9.17, 15) is 14.3 Å². The van der Waals surface area contributed by atoms with Crippen LogP contribution in [0.1, 0.15) is 12.7 Å². The van der Waals surface area contributed by atoms with Crippen LogP contribution in [-0.4, -0.2) is 60.0 Å². The summed E-state index contributed by atoms with van der Waals surface area (Å²) in [5, 5.41) is 10.7. The van der Waals surface area contributed by atoms with E-state index in [1.807, 2.05) is 11.8 Å². The molecule has 8 nitrogen and oxygen atoms in total. The third-order valence-corrected chi connectivity index (χ3v) is 4.81. The van der Waals surface area contributed by atoms with Crippen molar-refractivity contribution < 1.29 is 23.7 Å². The molecule has 0 fully saturated rings. The van der Waals surface area contributed by atoms with Crippen molar-refractivity contribution in [2.45, 2.75) is 19.6 Å². The molecule has 2 N–H and O–H groups in total. The molecule has 3 aromatic rings. The van der Waals surface area contributed by atoms with Gasteiger partial charge in [-0.1, -0.05) is 6.92 Å². The Bertz CT molecular complexity index is 1070. The summed E-state index contributed by atoms with van der Waals surface area (Å²) in [6, 6.07) is 8.87. The van der Waals surface area contributed by atoms with Crippen molar-refractivity contribution in [3.8, 4) is 17.2 Å². The second-order valence-electron chi connectivity index (χ2n) is 6.98. The van der Waals surface area contributed by atoms with Crippen LogP contribution in [0.3, 0.4) is 0 Å². The van der Waals surface area contributed by atoms with Crippen LogP contribution in [0.2, 0.25) is 0 Å². The number of nitrogens with one attached hydrogen (secondary N) is 1. The molecule has 1 unspecified atom stereocenters. The topological polar surface area (TPSA) is 96.9 Å². The third-order valence-electron chi connectivity index (χ3n) is 4.81. The van der Waals surface area contributed by atoms with Crippen molar-refractivity contribution in [2.75, 3.05) is 33.9 Å². The zero-order chi connectivity index (χ0) is 22.4. The second-order valence-corrected chi connectivity index (χ2v) is 6.98. The van der Waals surface area contributed by atoms with Crippen molar-refractivity contribution in [3.05, 3.63) is 58.4 Å². The molecule has 1 heterocycles. The molecule has 0 amide bonds. The van der Waals surface area contributed by atoms with Gasteiger partial charge in [-0.3, -0.25) is 9.69 Å². The molecule has 0 saturated carbocycles. The Labute approximate surface area is 179 Å². The molecule has 0 aliphatic heterocycles. The van der Waals surface area contributed by atoms with E-state index >= 15 is 0 Å². The van der Waals surface area contributed by atoms with E-state index in [-0.39, 0.29) is 18.0 Å². The van der Waals surface area contributed by atoms with Crippen LogP contribution >= 0.6 is 0 Å². The first-order chi connectivity index (χ1) is 14.9. The Morgan fingerprint density at radius 1 is 1.16 bits per heavy atom. The standard InChI is InChI=1S/C22H26FN3O5/c1-4-26(11-15(27)13-31-16-7-5-14(23)6-8-16)12-21-24-18-10-20(30-3)19(29-2)9-17(18)22(28)25-21/h5-10,15,27H,4,11-13H2,1-3H3,(H,24,25,28). The molecule has 0 spiro atoms. The molecule has 1 atom stereocenters. The van der Waals surface area contributed by atoms with Gasteiger partial charge in [0.2, 0.25) is 0 Å². The Kier molecular flexibility index (Phi) is 7.43. The minimum absolute atomic E-state index is 0.0563. The summed E-state index contributed by atoms with van der Waals surface area (Å²) in [7, 11) is 3.02. The summed E-state index contributed by atoms with van der Waals surface area (Å²) in [6.45, 7) is 3.28. The van der Waals surface area contributed by atoms with E-state index in [0.717, 1.165) is 0 Å². The maximum atomic E-state index is 13.0. The lowest BCUT2D eigenvalue weighted by molar-refractivity contribution is 0.0666. The lowest BCUT2D eigenvalue weighted by atomic mass is 10.2. The molecule has 0 radical (unpaired) electrons. The molecule has 166 valence electrons. The average molecular weight is 431 g/mol.